The van der Waals surface area contributed by atoms with E-state index in [1.165, 1.54) is 0 Å². The fourth-order valence-corrected chi connectivity index (χ4v) is 4.68. The van der Waals surface area contributed by atoms with Gasteiger partial charge in [0.1, 0.15) is 5.56 Å². The third kappa shape index (κ3) is 3.56. The molecule has 0 spiro atoms. The molecule has 1 amide bonds. The van der Waals surface area contributed by atoms with Crippen molar-refractivity contribution in [3.05, 3.63) is 39.4 Å². The van der Waals surface area contributed by atoms with Crippen LogP contribution in [0.5, 0.6) is 5.88 Å². The van der Waals surface area contributed by atoms with Crippen LogP contribution in [-0.2, 0) is 25.9 Å². The SMILES string of the molecule is O=C(c1cnn2c1OCCC2)N1CCC(Cn2nc3c(cc2=O)CCCC3)CC1. The molecule has 2 aromatic heterocycles. The Labute approximate surface area is 169 Å². The highest BCUT2D eigenvalue weighted by Crippen LogP contribution is 2.26. The Morgan fingerprint density at radius 3 is 2.83 bits per heavy atom. The first-order valence-electron chi connectivity index (χ1n) is 10.8. The number of rotatable bonds is 3. The van der Waals surface area contributed by atoms with Gasteiger partial charge in [0.25, 0.3) is 11.5 Å². The van der Waals surface area contributed by atoms with E-state index in [1.54, 1.807) is 21.6 Å². The first-order valence-corrected chi connectivity index (χ1v) is 10.8. The largest absolute Gasteiger partial charge is 0.477 e. The van der Waals surface area contributed by atoms with Gasteiger partial charge in [0.2, 0.25) is 5.88 Å². The van der Waals surface area contributed by atoms with Crippen LogP contribution < -0.4 is 10.3 Å². The monoisotopic (exact) mass is 397 g/mol. The van der Waals surface area contributed by atoms with Gasteiger partial charge in [-0.2, -0.15) is 10.2 Å². The second-order valence-electron chi connectivity index (χ2n) is 8.37. The Kier molecular flexibility index (Phi) is 4.85. The highest BCUT2D eigenvalue weighted by atomic mass is 16.5. The van der Waals surface area contributed by atoms with Gasteiger partial charge in [-0.15, -0.1) is 0 Å². The van der Waals surface area contributed by atoms with Gasteiger partial charge < -0.3 is 9.64 Å². The van der Waals surface area contributed by atoms with Crippen LogP contribution in [0.3, 0.4) is 0 Å². The summed E-state index contributed by atoms with van der Waals surface area (Å²) in [4.78, 5) is 27.3. The number of hydrogen-bond donors (Lipinski definition) is 0. The molecule has 0 saturated carbocycles. The van der Waals surface area contributed by atoms with Gasteiger partial charge in [0.05, 0.1) is 18.5 Å². The van der Waals surface area contributed by atoms with Gasteiger partial charge in [-0.05, 0) is 50.0 Å². The molecule has 8 heteroatoms. The number of aromatic nitrogens is 4. The minimum atomic E-state index is -0.00401. The first-order chi connectivity index (χ1) is 14.2. The van der Waals surface area contributed by atoms with Crippen molar-refractivity contribution in [2.75, 3.05) is 19.7 Å². The summed E-state index contributed by atoms with van der Waals surface area (Å²) in [7, 11) is 0. The molecule has 154 valence electrons. The van der Waals surface area contributed by atoms with Crippen LogP contribution >= 0.6 is 0 Å². The minimum absolute atomic E-state index is 0.00401. The average Bonchev–Trinajstić information content (AvgIpc) is 3.18. The Morgan fingerprint density at radius 1 is 1.14 bits per heavy atom. The molecule has 29 heavy (non-hydrogen) atoms. The molecular formula is C21H27N5O3. The number of likely N-dealkylation sites (tertiary alicyclic amines) is 1. The molecule has 0 aromatic carbocycles. The molecule has 0 bridgehead atoms. The van der Waals surface area contributed by atoms with E-state index < -0.39 is 0 Å². The summed E-state index contributed by atoms with van der Waals surface area (Å²) in [6.45, 7) is 3.45. The van der Waals surface area contributed by atoms with E-state index in [0.717, 1.165) is 62.7 Å². The van der Waals surface area contributed by atoms with Crippen molar-refractivity contribution in [2.45, 2.75) is 58.0 Å². The van der Waals surface area contributed by atoms with Gasteiger partial charge in [0, 0.05) is 38.7 Å². The molecule has 1 aliphatic carbocycles. The Morgan fingerprint density at radius 2 is 1.97 bits per heavy atom. The molecule has 5 rings (SSSR count). The third-order valence-electron chi connectivity index (χ3n) is 6.38. The predicted molar refractivity (Wildman–Crippen MR) is 106 cm³/mol. The zero-order valence-electron chi connectivity index (χ0n) is 16.7. The van der Waals surface area contributed by atoms with E-state index >= 15 is 0 Å². The van der Waals surface area contributed by atoms with Crippen molar-refractivity contribution in [2.24, 2.45) is 5.92 Å². The molecule has 0 radical (unpaired) electrons. The maximum Gasteiger partial charge on any atom is 0.267 e. The molecule has 2 aliphatic heterocycles. The second-order valence-corrected chi connectivity index (χ2v) is 8.37. The third-order valence-corrected chi connectivity index (χ3v) is 6.38. The Balaban J connectivity index is 1.23. The van der Waals surface area contributed by atoms with E-state index in [1.807, 2.05) is 4.90 Å². The lowest BCUT2D eigenvalue weighted by atomic mass is 9.95. The number of piperidine rings is 1. The van der Waals surface area contributed by atoms with Crippen molar-refractivity contribution < 1.29 is 9.53 Å². The quantitative estimate of drug-likeness (QED) is 0.787. The van der Waals surface area contributed by atoms with E-state index in [-0.39, 0.29) is 11.5 Å². The van der Waals surface area contributed by atoms with Gasteiger partial charge >= 0.3 is 0 Å². The molecule has 1 saturated heterocycles. The lowest BCUT2D eigenvalue weighted by Gasteiger charge is -2.32. The molecule has 0 N–H and O–H groups in total. The number of aryl methyl sites for hydroxylation is 3. The topological polar surface area (TPSA) is 82.2 Å². The lowest BCUT2D eigenvalue weighted by molar-refractivity contribution is 0.0673. The Bertz CT molecular complexity index is 971. The zero-order chi connectivity index (χ0) is 19.8. The summed E-state index contributed by atoms with van der Waals surface area (Å²) in [5.74, 6) is 0.965. The van der Waals surface area contributed by atoms with E-state index in [2.05, 4.69) is 10.2 Å². The van der Waals surface area contributed by atoms with Crippen molar-refractivity contribution in [1.29, 1.82) is 0 Å². The maximum absolute atomic E-state index is 12.9. The van der Waals surface area contributed by atoms with E-state index in [0.29, 0.717) is 43.6 Å². The fourth-order valence-electron chi connectivity index (χ4n) is 4.68. The van der Waals surface area contributed by atoms with Crippen molar-refractivity contribution >= 4 is 5.91 Å². The van der Waals surface area contributed by atoms with Crippen LogP contribution in [0.1, 0.15) is 53.7 Å². The zero-order valence-corrected chi connectivity index (χ0v) is 16.7. The molecule has 4 heterocycles. The molecule has 1 fully saturated rings. The summed E-state index contributed by atoms with van der Waals surface area (Å²) < 4.78 is 9.09. The van der Waals surface area contributed by atoms with Crippen LogP contribution in [0, 0.1) is 5.92 Å². The molecular weight excluding hydrogens is 370 g/mol. The fraction of sp³-hybridized carbons (Fsp3) is 0.619. The summed E-state index contributed by atoms with van der Waals surface area (Å²) >= 11 is 0. The first kappa shape index (κ1) is 18.4. The highest BCUT2D eigenvalue weighted by molar-refractivity contribution is 5.96. The number of ether oxygens (including phenoxy) is 1. The number of fused-ring (bicyclic) bond motifs is 2. The molecule has 3 aliphatic rings. The van der Waals surface area contributed by atoms with Crippen LogP contribution in [-0.4, -0.2) is 50.1 Å². The molecule has 8 nitrogen and oxygen atoms in total. The van der Waals surface area contributed by atoms with Gasteiger partial charge in [-0.1, -0.05) is 0 Å². The van der Waals surface area contributed by atoms with Gasteiger partial charge in [-0.25, -0.2) is 9.36 Å². The van der Waals surface area contributed by atoms with E-state index in [9.17, 15) is 9.59 Å². The normalized spacial score (nSPS) is 19.4. The number of hydrogen-bond acceptors (Lipinski definition) is 5. The number of carbonyl (C=O) groups excluding carboxylic acids is 1. The maximum atomic E-state index is 12.9. The predicted octanol–water partition coefficient (Wildman–Crippen LogP) is 1.65. The van der Waals surface area contributed by atoms with Crippen molar-refractivity contribution in [3.8, 4) is 5.88 Å². The summed E-state index contributed by atoms with van der Waals surface area (Å²) in [5, 5.41) is 8.93. The summed E-state index contributed by atoms with van der Waals surface area (Å²) in [6.07, 6.45) is 8.55. The average molecular weight is 397 g/mol. The summed E-state index contributed by atoms with van der Waals surface area (Å²) in [6, 6.07) is 1.78. The van der Waals surface area contributed by atoms with Crippen molar-refractivity contribution in [3.63, 3.8) is 0 Å². The van der Waals surface area contributed by atoms with Crippen LogP contribution in [0.15, 0.2) is 17.1 Å². The van der Waals surface area contributed by atoms with Crippen LogP contribution in [0.2, 0.25) is 0 Å². The smallest absolute Gasteiger partial charge is 0.267 e. The lowest BCUT2D eigenvalue weighted by Crippen LogP contribution is -2.40. The second kappa shape index (κ2) is 7.65. The van der Waals surface area contributed by atoms with Gasteiger partial charge in [-0.3, -0.25) is 9.59 Å². The van der Waals surface area contributed by atoms with Crippen LogP contribution in [0.25, 0.3) is 0 Å². The molecule has 2 aromatic rings. The molecule has 0 atom stereocenters. The highest BCUT2D eigenvalue weighted by Gasteiger charge is 2.29. The number of nitrogens with zero attached hydrogens (tertiary/aromatic N) is 5. The van der Waals surface area contributed by atoms with Gasteiger partial charge in [0.15, 0.2) is 0 Å². The number of amides is 1. The molecule has 0 unspecified atom stereocenters. The standard InChI is InChI=1S/C21H27N5O3/c27-19-12-16-4-1-2-5-18(16)23-26(19)14-15-6-9-24(10-7-15)20(28)17-13-22-25-8-3-11-29-21(17)25/h12-13,15H,1-11,14H2. The number of carbonyl (C=O) groups is 1. The van der Waals surface area contributed by atoms with E-state index in [4.69, 9.17) is 4.74 Å². The summed E-state index contributed by atoms with van der Waals surface area (Å²) in [5.41, 5.74) is 2.79. The minimum Gasteiger partial charge on any atom is -0.477 e. The van der Waals surface area contributed by atoms with Crippen LogP contribution in [0.4, 0.5) is 0 Å². The Hall–Kier alpha value is -2.64. The van der Waals surface area contributed by atoms with Crippen molar-refractivity contribution in [1.82, 2.24) is 24.5 Å².